The van der Waals surface area contributed by atoms with Crippen molar-refractivity contribution in [3.63, 3.8) is 0 Å². The Kier molecular flexibility index (Phi) is 12.9. The maximum Gasteiger partial charge on any atom is 0.410 e. The lowest BCUT2D eigenvalue weighted by Gasteiger charge is -2.40. The van der Waals surface area contributed by atoms with Crippen molar-refractivity contribution in [2.45, 2.75) is 78.0 Å². The summed E-state index contributed by atoms with van der Waals surface area (Å²) in [6, 6.07) is 28.9. The van der Waals surface area contributed by atoms with Gasteiger partial charge in [-0.05, 0) is 89.1 Å². The molecule has 2 aliphatic rings. The second-order valence-corrected chi connectivity index (χ2v) is 18.3. The molecule has 0 bridgehead atoms. The van der Waals surface area contributed by atoms with Crippen LogP contribution in [0.5, 0.6) is 0 Å². The fourth-order valence-corrected chi connectivity index (χ4v) is 7.73. The number of aromatic amines is 2. The Balaban J connectivity index is 1.01. The van der Waals surface area contributed by atoms with Crippen molar-refractivity contribution in [3.8, 4) is 11.8 Å². The number of rotatable bonds is 6. The molecule has 0 aliphatic carbocycles. The van der Waals surface area contributed by atoms with Gasteiger partial charge in [-0.25, -0.2) is 29.1 Å². The Labute approximate surface area is 383 Å². The molecule has 16 heteroatoms. The Bertz CT molecular complexity index is 2600. The summed E-state index contributed by atoms with van der Waals surface area (Å²) in [7, 11) is 0. The second-order valence-electron chi connectivity index (χ2n) is 18.3. The van der Waals surface area contributed by atoms with Gasteiger partial charge in [-0.2, -0.15) is 0 Å². The van der Waals surface area contributed by atoms with E-state index in [4.69, 9.17) is 28.9 Å². The van der Waals surface area contributed by atoms with E-state index < -0.39 is 47.7 Å². The Morgan fingerprint density at radius 1 is 0.561 bits per heavy atom. The molecule has 0 unspecified atom stereocenters. The van der Waals surface area contributed by atoms with Gasteiger partial charge in [0.2, 0.25) is 0 Å². The van der Waals surface area contributed by atoms with Crippen LogP contribution in [0.4, 0.5) is 19.2 Å². The van der Waals surface area contributed by atoms with Gasteiger partial charge in [0, 0.05) is 37.3 Å². The number of amides is 4. The number of carbonyl (C=O) groups excluding carboxylic acids is 4. The first-order valence-corrected chi connectivity index (χ1v) is 22.0. The largest absolute Gasteiger partial charge is 0.445 e. The van der Waals surface area contributed by atoms with Gasteiger partial charge in [0.1, 0.15) is 48.1 Å². The number of imidazole rings is 2. The average Bonchev–Trinajstić information content (AvgIpc) is 3.93. The number of nitrogens with zero attached hydrogens (tertiary/aromatic N) is 6. The summed E-state index contributed by atoms with van der Waals surface area (Å²) < 4.78 is 22.8. The van der Waals surface area contributed by atoms with E-state index in [0.29, 0.717) is 33.7 Å². The van der Waals surface area contributed by atoms with Gasteiger partial charge in [-0.15, -0.1) is 0 Å². The Morgan fingerprint density at radius 3 is 1.33 bits per heavy atom. The third-order valence-corrected chi connectivity index (χ3v) is 10.9. The van der Waals surface area contributed by atoms with Crippen molar-refractivity contribution in [3.05, 3.63) is 131 Å². The zero-order valence-corrected chi connectivity index (χ0v) is 38.0. The number of nitrogens with one attached hydrogen (secondary N) is 2. The molecule has 2 atom stereocenters. The second kappa shape index (κ2) is 18.9. The van der Waals surface area contributed by atoms with Crippen LogP contribution in [0.2, 0.25) is 0 Å². The summed E-state index contributed by atoms with van der Waals surface area (Å²) in [6.07, 6.45) is -1.96. The molecule has 0 radical (unpaired) electrons. The number of carbonyl (C=O) groups is 4. The van der Waals surface area contributed by atoms with Crippen LogP contribution in [0.15, 0.2) is 97.1 Å². The van der Waals surface area contributed by atoms with Gasteiger partial charge in [0.05, 0.1) is 35.2 Å². The normalized spacial score (nSPS) is 16.7. The fourth-order valence-electron chi connectivity index (χ4n) is 7.73. The van der Waals surface area contributed by atoms with Crippen LogP contribution in [-0.2, 0) is 32.2 Å². The number of ether oxygens (including phenoxy) is 4. The molecule has 2 N–H and O–H groups in total. The number of aromatic nitrogens is 4. The van der Waals surface area contributed by atoms with Crippen LogP contribution < -0.4 is 0 Å². The van der Waals surface area contributed by atoms with Crippen molar-refractivity contribution in [1.82, 2.24) is 39.5 Å². The van der Waals surface area contributed by atoms with Gasteiger partial charge in [0.15, 0.2) is 0 Å². The lowest BCUT2D eigenvalue weighted by molar-refractivity contribution is -0.000390. The van der Waals surface area contributed by atoms with Crippen LogP contribution >= 0.6 is 0 Å². The molecule has 66 heavy (non-hydrogen) atoms. The molecule has 0 spiro atoms. The lowest BCUT2D eigenvalue weighted by atomic mass is 10.1. The highest BCUT2D eigenvalue weighted by Crippen LogP contribution is 2.30. The van der Waals surface area contributed by atoms with Gasteiger partial charge in [-0.1, -0.05) is 72.5 Å². The monoisotopic (exact) mass is 894 g/mol. The molecule has 6 aromatic rings. The van der Waals surface area contributed by atoms with Crippen molar-refractivity contribution >= 4 is 46.4 Å². The summed E-state index contributed by atoms with van der Waals surface area (Å²) in [5.41, 5.74) is 4.53. The van der Waals surface area contributed by atoms with E-state index >= 15 is 0 Å². The molecule has 2 fully saturated rings. The van der Waals surface area contributed by atoms with Crippen molar-refractivity contribution < 1.29 is 38.1 Å². The first kappa shape index (κ1) is 45.0. The summed E-state index contributed by atoms with van der Waals surface area (Å²) in [5.74, 6) is 7.50. The van der Waals surface area contributed by atoms with E-state index in [1.165, 1.54) is 0 Å². The molecular formula is C50H54N8O8. The third-order valence-electron chi connectivity index (χ3n) is 10.9. The highest BCUT2D eigenvalue weighted by atomic mass is 16.6. The van der Waals surface area contributed by atoms with Crippen LogP contribution in [0.3, 0.4) is 0 Å². The maximum absolute atomic E-state index is 13.6. The third kappa shape index (κ3) is 11.0. The summed E-state index contributed by atoms with van der Waals surface area (Å²) in [5, 5.41) is 0. The summed E-state index contributed by atoms with van der Waals surface area (Å²) >= 11 is 0. The topological polar surface area (TPSA) is 176 Å². The number of benzene rings is 4. The molecule has 8 rings (SSSR count). The van der Waals surface area contributed by atoms with Crippen LogP contribution in [-0.4, -0.2) is 114 Å². The molecule has 2 saturated heterocycles. The standard InChI is InChI=1S/C50H54N8O8/c1-49(2,3)65-45(59)55-23-25-57(47(61)63-31-35-13-9-7-10-14-35)41(29-55)43-51-37-21-19-33(27-39(37)53-43)17-18-34-20-22-38-40(28-34)54-44(52-38)42-30-56(46(60)66-50(4,5)6)24-26-58(42)48(62)64-32-36-15-11-8-12-16-36/h7-16,19-22,27-28,41-42H,23-26,29-32H2,1-6H3,(H,51,53)(H,52,54)/t41-,42-/m0/s1. The first-order valence-electron chi connectivity index (χ1n) is 22.0. The first-order chi connectivity index (χ1) is 31.5. The maximum atomic E-state index is 13.6. The Hall–Kier alpha value is -7.54. The fraction of sp³-hybridized carbons (Fsp3) is 0.360. The molecule has 2 aromatic heterocycles. The molecule has 4 amide bonds. The van der Waals surface area contributed by atoms with E-state index in [2.05, 4.69) is 21.8 Å². The van der Waals surface area contributed by atoms with Gasteiger partial charge < -0.3 is 38.7 Å². The van der Waals surface area contributed by atoms with Gasteiger partial charge >= 0.3 is 24.4 Å². The number of hydrogen-bond donors (Lipinski definition) is 2. The minimum atomic E-state index is -0.688. The summed E-state index contributed by atoms with van der Waals surface area (Å²) in [4.78, 5) is 76.4. The van der Waals surface area contributed by atoms with Crippen molar-refractivity contribution in [2.75, 3.05) is 39.3 Å². The van der Waals surface area contributed by atoms with E-state index in [1.807, 2.05) is 139 Å². The SMILES string of the molecule is CC(C)(C)OC(=O)N1CCN(C(=O)OCc2ccccc2)[C@H](c2nc3ccc(C#Cc4ccc5nc([C@@H]6CN(C(=O)OC(C)(C)C)CCN6C(=O)OCc6ccccc6)[nH]c5c4)cc3[nH]2)C1. The lowest BCUT2D eigenvalue weighted by Crippen LogP contribution is -2.53. The predicted molar refractivity (Wildman–Crippen MR) is 246 cm³/mol. The average molecular weight is 895 g/mol. The minimum Gasteiger partial charge on any atom is -0.445 e. The van der Waals surface area contributed by atoms with E-state index in [1.54, 1.807) is 19.6 Å². The summed E-state index contributed by atoms with van der Waals surface area (Å²) in [6.45, 7) is 12.4. The van der Waals surface area contributed by atoms with E-state index in [0.717, 1.165) is 22.3 Å². The van der Waals surface area contributed by atoms with E-state index in [-0.39, 0.29) is 52.5 Å². The molecule has 342 valence electrons. The van der Waals surface area contributed by atoms with Crippen molar-refractivity contribution in [2.24, 2.45) is 0 Å². The molecule has 2 aliphatic heterocycles. The number of piperazine rings is 2. The van der Waals surface area contributed by atoms with Crippen LogP contribution in [0.1, 0.15) is 87.5 Å². The van der Waals surface area contributed by atoms with Crippen molar-refractivity contribution in [1.29, 1.82) is 0 Å². The molecular weight excluding hydrogens is 841 g/mol. The quantitative estimate of drug-likeness (QED) is 0.122. The van der Waals surface area contributed by atoms with Crippen LogP contribution in [0.25, 0.3) is 22.1 Å². The Morgan fingerprint density at radius 2 is 0.955 bits per heavy atom. The smallest absolute Gasteiger partial charge is 0.410 e. The highest BCUT2D eigenvalue weighted by molar-refractivity contribution is 5.80. The number of fused-ring (bicyclic) bond motifs is 2. The number of hydrogen-bond acceptors (Lipinski definition) is 10. The predicted octanol–water partition coefficient (Wildman–Crippen LogP) is 8.70. The molecule has 16 nitrogen and oxygen atoms in total. The highest BCUT2D eigenvalue weighted by Gasteiger charge is 2.39. The van der Waals surface area contributed by atoms with Gasteiger partial charge in [0.25, 0.3) is 0 Å². The zero-order valence-electron chi connectivity index (χ0n) is 38.0. The minimum absolute atomic E-state index is 0.106. The molecule has 4 heterocycles. The number of H-pyrrole nitrogens is 2. The van der Waals surface area contributed by atoms with Crippen LogP contribution in [0, 0.1) is 11.8 Å². The van der Waals surface area contributed by atoms with Gasteiger partial charge in [-0.3, -0.25) is 9.80 Å². The zero-order chi connectivity index (χ0) is 46.6. The molecule has 4 aromatic carbocycles. The molecule has 0 saturated carbocycles. The van der Waals surface area contributed by atoms with E-state index in [9.17, 15) is 19.2 Å².